The second-order valence-electron chi connectivity index (χ2n) is 4.90. The highest BCUT2D eigenvalue weighted by Gasteiger charge is 2.16. The van der Waals surface area contributed by atoms with Gasteiger partial charge in [0.2, 0.25) is 0 Å². The number of fused-ring (bicyclic) bond motifs is 1. The fourth-order valence-electron chi connectivity index (χ4n) is 2.59. The molecule has 2 rings (SSSR count). The topological polar surface area (TPSA) is 68.2 Å². The van der Waals surface area contributed by atoms with Crippen LogP contribution in [0.4, 0.5) is 0 Å². The minimum atomic E-state index is -0.872. The Balaban J connectivity index is 2.77. The van der Waals surface area contributed by atoms with Gasteiger partial charge in [0.1, 0.15) is 0 Å². The molecule has 0 unspecified atom stereocenters. The number of carboxylic acid groups (broad SMARTS) is 1. The van der Waals surface area contributed by atoms with Gasteiger partial charge < -0.3 is 15.4 Å². The summed E-state index contributed by atoms with van der Waals surface area (Å²) in [4.78, 5) is 11.5. The van der Waals surface area contributed by atoms with Crippen LogP contribution in [0, 0.1) is 6.92 Å². The highest BCUT2D eigenvalue weighted by Crippen LogP contribution is 2.27. The maximum absolute atomic E-state index is 11.5. The summed E-state index contributed by atoms with van der Waals surface area (Å²) >= 11 is 0. The molecule has 0 saturated carbocycles. The highest BCUT2D eigenvalue weighted by atomic mass is 16.4. The first-order chi connectivity index (χ1) is 9.08. The molecule has 0 aliphatic heterocycles. The van der Waals surface area contributed by atoms with Crippen molar-refractivity contribution in [2.24, 2.45) is 5.73 Å². The van der Waals surface area contributed by atoms with Gasteiger partial charge in [-0.1, -0.05) is 6.92 Å². The van der Waals surface area contributed by atoms with Gasteiger partial charge in [0.15, 0.2) is 0 Å². The van der Waals surface area contributed by atoms with E-state index in [1.165, 1.54) is 0 Å². The Bertz CT molecular complexity index is 614. The van der Waals surface area contributed by atoms with Crippen molar-refractivity contribution in [3.05, 3.63) is 35.0 Å². The van der Waals surface area contributed by atoms with Crippen molar-refractivity contribution in [3.8, 4) is 0 Å². The predicted molar refractivity (Wildman–Crippen MR) is 76.7 cm³/mol. The first-order valence-electron chi connectivity index (χ1n) is 6.64. The van der Waals surface area contributed by atoms with Crippen LogP contribution in [0.15, 0.2) is 18.3 Å². The molecule has 4 heteroatoms. The molecule has 0 amide bonds. The SMILES string of the molecule is CCCn1cc(CCN)c2cc(C)cc(C(=O)O)c21. The van der Waals surface area contributed by atoms with Crippen LogP contribution in [0.25, 0.3) is 10.9 Å². The Labute approximate surface area is 112 Å². The van der Waals surface area contributed by atoms with Crippen molar-refractivity contribution in [2.45, 2.75) is 33.2 Å². The molecule has 0 radical (unpaired) electrons. The molecule has 102 valence electrons. The Morgan fingerprint density at radius 1 is 1.42 bits per heavy atom. The van der Waals surface area contributed by atoms with Gasteiger partial charge in [0.05, 0.1) is 11.1 Å². The lowest BCUT2D eigenvalue weighted by Gasteiger charge is -2.07. The van der Waals surface area contributed by atoms with Crippen LogP contribution in [0.5, 0.6) is 0 Å². The molecule has 0 saturated heterocycles. The molecule has 0 aliphatic carbocycles. The summed E-state index contributed by atoms with van der Waals surface area (Å²) in [5, 5.41) is 10.4. The van der Waals surface area contributed by atoms with Crippen LogP contribution in [0.3, 0.4) is 0 Å². The van der Waals surface area contributed by atoms with E-state index < -0.39 is 5.97 Å². The number of aromatic nitrogens is 1. The fraction of sp³-hybridized carbons (Fsp3) is 0.400. The van der Waals surface area contributed by atoms with Crippen LogP contribution in [-0.2, 0) is 13.0 Å². The van der Waals surface area contributed by atoms with Crippen LogP contribution in [0.1, 0.15) is 34.8 Å². The smallest absolute Gasteiger partial charge is 0.337 e. The van der Waals surface area contributed by atoms with E-state index in [2.05, 4.69) is 13.0 Å². The standard InChI is InChI=1S/C15H20N2O2/c1-3-6-17-9-11(4-5-16)12-7-10(2)8-13(14(12)17)15(18)19/h7-9H,3-6,16H2,1-2H3,(H,18,19). The molecule has 19 heavy (non-hydrogen) atoms. The zero-order valence-electron chi connectivity index (χ0n) is 11.4. The zero-order chi connectivity index (χ0) is 14.0. The molecule has 0 fully saturated rings. The van der Waals surface area contributed by atoms with Crippen molar-refractivity contribution in [2.75, 3.05) is 6.54 Å². The summed E-state index contributed by atoms with van der Waals surface area (Å²) in [5.74, 6) is -0.872. The van der Waals surface area contributed by atoms with Gasteiger partial charge in [-0.3, -0.25) is 0 Å². The molecule has 4 nitrogen and oxygen atoms in total. The Kier molecular flexibility index (Phi) is 3.90. The summed E-state index contributed by atoms with van der Waals surface area (Å²) in [6, 6.07) is 3.79. The number of rotatable bonds is 5. The lowest BCUT2D eigenvalue weighted by atomic mass is 10.0. The number of carbonyl (C=O) groups is 1. The lowest BCUT2D eigenvalue weighted by Crippen LogP contribution is -2.03. The molecule has 3 N–H and O–H groups in total. The van der Waals surface area contributed by atoms with Gasteiger partial charge in [0.25, 0.3) is 0 Å². The number of aryl methyl sites for hydroxylation is 2. The average molecular weight is 260 g/mol. The largest absolute Gasteiger partial charge is 0.478 e. The van der Waals surface area contributed by atoms with Crippen molar-refractivity contribution in [1.82, 2.24) is 4.57 Å². The number of hydrogen-bond donors (Lipinski definition) is 2. The molecule has 0 bridgehead atoms. The van der Waals surface area contributed by atoms with E-state index in [1.807, 2.05) is 17.7 Å². The van der Waals surface area contributed by atoms with E-state index in [1.54, 1.807) is 6.07 Å². The summed E-state index contributed by atoms with van der Waals surface area (Å²) in [6.07, 6.45) is 3.79. The van der Waals surface area contributed by atoms with Crippen molar-refractivity contribution in [3.63, 3.8) is 0 Å². The van der Waals surface area contributed by atoms with Crippen LogP contribution < -0.4 is 5.73 Å². The van der Waals surface area contributed by atoms with Crippen molar-refractivity contribution in [1.29, 1.82) is 0 Å². The molecule has 2 aromatic rings. The molecular formula is C15H20N2O2. The average Bonchev–Trinajstić information content (AvgIpc) is 2.68. The minimum absolute atomic E-state index is 0.381. The summed E-state index contributed by atoms with van der Waals surface area (Å²) in [7, 11) is 0. The minimum Gasteiger partial charge on any atom is -0.478 e. The highest BCUT2D eigenvalue weighted by molar-refractivity contribution is 6.03. The molecule has 1 heterocycles. The van der Waals surface area contributed by atoms with E-state index in [-0.39, 0.29) is 0 Å². The summed E-state index contributed by atoms with van der Waals surface area (Å²) < 4.78 is 2.04. The quantitative estimate of drug-likeness (QED) is 0.868. The maximum Gasteiger partial charge on any atom is 0.337 e. The molecule has 0 atom stereocenters. The first-order valence-corrected chi connectivity index (χ1v) is 6.64. The Hall–Kier alpha value is -1.81. The molecular weight excluding hydrogens is 240 g/mol. The van der Waals surface area contributed by atoms with Gasteiger partial charge in [-0.2, -0.15) is 0 Å². The van der Waals surface area contributed by atoms with Gasteiger partial charge in [-0.05, 0) is 49.6 Å². The van der Waals surface area contributed by atoms with Gasteiger partial charge in [-0.15, -0.1) is 0 Å². The Morgan fingerprint density at radius 3 is 2.74 bits per heavy atom. The van der Waals surface area contributed by atoms with Crippen LogP contribution in [-0.4, -0.2) is 22.2 Å². The number of aromatic carboxylic acids is 1. The molecule has 1 aromatic heterocycles. The van der Waals surface area contributed by atoms with E-state index in [0.717, 1.165) is 41.4 Å². The van der Waals surface area contributed by atoms with E-state index in [9.17, 15) is 9.90 Å². The monoisotopic (exact) mass is 260 g/mol. The summed E-state index contributed by atoms with van der Waals surface area (Å²) in [5.41, 5.74) is 8.96. The second-order valence-corrected chi connectivity index (χ2v) is 4.90. The summed E-state index contributed by atoms with van der Waals surface area (Å²) in [6.45, 7) is 5.41. The van der Waals surface area contributed by atoms with Crippen LogP contribution >= 0.6 is 0 Å². The van der Waals surface area contributed by atoms with Crippen molar-refractivity contribution < 1.29 is 9.90 Å². The van der Waals surface area contributed by atoms with Gasteiger partial charge >= 0.3 is 5.97 Å². The predicted octanol–water partition coefficient (Wildman–Crippen LogP) is 2.56. The number of carboxylic acids is 1. The van der Waals surface area contributed by atoms with E-state index in [0.29, 0.717) is 12.1 Å². The first kappa shape index (κ1) is 13.6. The van der Waals surface area contributed by atoms with Gasteiger partial charge in [0, 0.05) is 18.1 Å². The van der Waals surface area contributed by atoms with Crippen LogP contribution in [0.2, 0.25) is 0 Å². The lowest BCUT2D eigenvalue weighted by molar-refractivity contribution is 0.0698. The molecule has 0 spiro atoms. The Morgan fingerprint density at radius 2 is 2.16 bits per heavy atom. The third-order valence-corrected chi connectivity index (χ3v) is 3.31. The number of hydrogen-bond acceptors (Lipinski definition) is 2. The molecule has 0 aliphatic rings. The van der Waals surface area contributed by atoms with E-state index in [4.69, 9.17) is 5.73 Å². The molecule has 1 aromatic carbocycles. The van der Waals surface area contributed by atoms with E-state index >= 15 is 0 Å². The normalized spacial score (nSPS) is 11.1. The third-order valence-electron chi connectivity index (χ3n) is 3.31. The number of nitrogens with two attached hydrogens (primary N) is 1. The second kappa shape index (κ2) is 5.45. The maximum atomic E-state index is 11.5. The third kappa shape index (κ3) is 2.49. The van der Waals surface area contributed by atoms with Gasteiger partial charge in [-0.25, -0.2) is 4.79 Å². The number of nitrogens with zero attached hydrogens (tertiary/aromatic N) is 1. The van der Waals surface area contributed by atoms with Crippen molar-refractivity contribution >= 4 is 16.9 Å². The zero-order valence-corrected chi connectivity index (χ0v) is 11.4. The number of benzene rings is 1. The fourth-order valence-corrected chi connectivity index (χ4v) is 2.59.